The zero-order valence-corrected chi connectivity index (χ0v) is 21.2. The van der Waals surface area contributed by atoms with Gasteiger partial charge in [-0.3, -0.25) is 9.10 Å². The van der Waals surface area contributed by atoms with Gasteiger partial charge in [-0.05, 0) is 49.4 Å². The molecule has 0 fully saturated rings. The van der Waals surface area contributed by atoms with Gasteiger partial charge < -0.3 is 19.5 Å². The van der Waals surface area contributed by atoms with Crippen LogP contribution < -0.4 is 23.8 Å². The molecule has 0 spiro atoms. The van der Waals surface area contributed by atoms with Crippen LogP contribution in [0.4, 0.5) is 5.69 Å². The van der Waals surface area contributed by atoms with E-state index in [-0.39, 0.29) is 28.8 Å². The van der Waals surface area contributed by atoms with Crippen molar-refractivity contribution in [1.29, 1.82) is 0 Å². The fraction of sp³-hybridized carbons (Fsp3) is 0.240. The first-order valence-electron chi connectivity index (χ1n) is 10.7. The van der Waals surface area contributed by atoms with Crippen molar-refractivity contribution in [1.82, 2.24) is 5.32 Å². The molecule has 3 rings (SSSR count). The van der Waals surface area contributed by atoms with E-state index in [2.05, 4.69) is 5.32 Å². The lowest BCUT2D eigenvalue weighted by atomic mass is 10.2. The Balaban J connectivity index is 1.74. The third-order valence-corrected chi connectivity index (χ3v) is 7.14. The molecule has 0 heterocycles. The molecule has 0 aromatic heterocycles. The molecule has 3 aromatic rings. The summed E-state index contributed by atoms with van der Waals surface area (Å²) in [6.07, 6.45) is 0. The standard InChI is InChI=1S/C25H27ClN2O6S/c1-18-7-10-22(11-8-18)35(30,31)28(19-9-12-24(33-3)23(26)15-19)17-25(29)27-13-14-34-21-6-4-5-20(16-21)32-2/h4-12,15-16H,13-14,17H2,1-3H3,(H,27,29). The van der Waals surface area contributed by atoms with Crippen molar-refractivity contribution in [3.63, 3.8) is 0 Å². The van der Waals surface area contributed by atoms with Crippen LogP contribution in [0.15, 0.2) is 71.6 Å². The molecule has 0 bridgehead atoms. The third-order valence-electron chi connectivity index (χ3n) is 5.05. The predicted octanol–water partition coefficient (Wildman–Crippen LogP) is 4.06. The predicted molar refractivity (Wildman–Crippen MR) is 135 cm³/mol. The number of halogens is 1. The summed E-state index contributed by atoms with van der Waals surface area (Å²) in [4.78, 5) is 12.8. The highest BCUT2D eigenvalue weighted by atomic mass is 35.5. The number of carbonyl (C=O) groups excluding carboxylic acids is 1. The molecule has 186 valence electrons. The van der Waals surface area contributed by atoms with Gasteiger partial charge in [-0.1, -0.05) is 35.4 Å². The smallest absolute Gasteiger partial charge is 0.264 e. The molecule has 35 heavy (non-hydrogen) atoms. The van der Waals surface area contributed by atoms with E-state index in [4.69, 9.17) is 25.8 Å². The maximum atomic E-state index is 13.5. The summed E-state index contributed by atoms with van der Waals surface area (Å²) < 4.78 is 43.9. The number of amides is 1. The number of sulfonamides is 1. The highest BCUT2D eigenvalue weighted by Gasteiger charge is 2.27. The number of ether oxygens (including phenoxy) is 3. The van der Waals surface area contributed by atoms with Crippen molar-refractivity contribution in [2.24, 2.45) is 0 Å². The van der Waals surface area contributed by atoms with Crippen LogP contribution in [0.5, 0.6) is 17.2 Å². The fourth-order valence-electron chi connectivity index (χ4n) is 3.20. The van der Waals surface area contributed by atoms with Crippen molar-refractivity contribution in [2.75, 3.05) is 38.2 Å². The van der Waals surface area contributed by atoms with Crippen LogP contribution in [0.3, 0.4) is 0 Å². The van der Waals surface area contributed by atoms with Crippen molar-refractivity contribution >= 4 is 33.2 Å². The summed E-state index contributed by atoms with van der Waals surface area (Å²) in [7, 11) is -1.03. The average Bonchev–Trinajstić information content (AvgIpc) is 2.85. The Morgan fingerprint density at radius 3 is 2.34 bits per heavy atom. The van der Waals surface area contributed by atoms with E-state index in [1.165, 1.54) is 31.4 Å². The SMILES string of the molecule is COc1cccc(OCCNC(=O)CN(c2ccc(OC)c(Cl)c2)S(=O)(=O)c2ccc(C)cc2)c1. The lowest BCUT2D eigenvalue weighted by molar-refractivity contribution is -0.119. The molecular weight excluding hydrogens is 492 g/mol. The summed E-state index contributed by atoms with van der Waals surface area (Å²) in [5.74, 6) is 1.14. The molecule has 0 aliphatic carbocycles. The molecule has 3 aromatic carbocycles. The van der Waals surface area contributed by atoms with Crippen LogP contribution in [0.25, 0.3) is 0 Å². The van der Waals surface area contributed by atoms with Gasteiger partial charge in [-0.25, -0.2) is 8.42 Å². The average molecular weight is 519 g/mol. The summed E-state index contributed by atoms with van der Waals surface area (Å²) >= 11 is 6.24. The molecule has 10 heteroatoms. The van der Waals surface area contributed by atoms with Crippen LogP contribution in [0.2, 0.25) is 5.02 Å². The summed E-state index contributed by atoms with van der Waals surface area (Å²) in [6, 6.07) is 18.0. The van der Waals surface area contributed by atoms with Gasteiger partial charge >= 0.3 is 0 Å². The van der Waals surface area contributed by atoms with Gasteiger partial charge in [-0.15, -0.1) is 0 Å². The number of hydrogen-bond donors (Lipinski definition) is 1. The molecule has 1 N–H and O–H groups in total. The van der Waals surface area contributed by atoms with E-state index in [1.807, 2.05) is 6.92 Å². The van der Waals surface area contributed by atoms with Gasteiger partial charge in [0.1, 0.15) is 30.4 Å². The van der Waals surface area contributed by atoms with Crippen molar-refractivity contribution in [3.05, 3.63) is 77.3 Å². The quantitative estimate of drug-likeness (QED) is 0.385. The summed E-state index contributed by atoms with van der Waals surface area (Å²) in [6.45, 7) is 1.78. The Hall–Kier alpha value is -3.43. The molecule has 0 radical (unpaired) electrons. The minimum absolute atomic E-state index is 0.0594. The first kappa shape index (κ1) is 26.2. The topological polar surface area (TPSA) is 94.2 Å². The second kappa shape index (κ2) is 11.8. The highest BCUT2D eigenvalue weighted by molar-refractivity contribution is 7.92. The maximum Gasteiger partial charge on any atom is 0.264 e. The van der Waals surface area contributed by atoms with E-state index in [9.17, 15) is 13.2 Å². The van der Waals surface area contributed by atoms with Crippen molar-refractivity contribution in [2.45, 2.75) is 11.8 Å². The first-order valence-corrected chi connectivity index (χ1v) is 12.5. The molecule has 0 aliphatic heterocycles. The number of hydrogen-bond acceptors (Lipinski definition) is 6. The van der Waals surface area contributed by atoms with Crippen LogP contribution in [0, 0.1) is 6.92 Å². The van der Waals surface area contributed by atoms with Crippen molar-refractivity contribution < 1.29 is 27.4 Å². The molecule has 0 aliphatic rings. The molecule has 0 saturated carbocycles. The number of carbonyl (C=O) groups is 1. The van der Waals surface area contributed by atoms with E-state index < -0.39 is 22.5 Å². The highest BCUT2D eigenvalue weighted by Crippen LogP contribution is 2.32. The first-order chi connectivity index (χ1) is 16.7. The normalized spacial score (nSPS) is 11.0. The lowest BCUT2D eigenvalue weighted by Gasteiger charge is -2.24. The maximum absolute atomic E-state index is 13.5. The van der Waals surface area contributed by atoms with Gasteiger partial charge in [0, 0.05) is 6.07 Å². The van der Waals surface area contributed by atoms with Crippen LogP contribution in [-0.4, -0.2) is 48.2 Å². The van der Waals surface area contributed by atoms with Gasteiger partial charge in [0.25, 0.3) is 10.0 Å². The van der Waals surface area contributed by atoms with Gasteiger partial charge in [0.2, 0.25) is 5.91 Å². The molecule has 0 unspecified atom stereocenters. The number of benzene rings is 3. The number of nitrogens with zero attached hydrogens (tertiary/aromatic N) is 1. The second-order valence-electron chi connectivity index (χ2n) is 7.52. The van der Waals surface area contributed by atoms with E-state index in [0.29, 0.717) is 17.2 Å². The Labute approximate surface area is 210 Å². The number of aryl methyl sites for hydroxylation is 1. The van der Waals surface area contributed by atoms with Gasteiger partial charge in [0.05, 0.1) is 36.4 Å². The Kier molecular flexibility index (Phi) is 8.84. The largest absolute Gasteiger partial charge is 0.497 e. The molecule has 1 amide bonds. The summed E-state index contributed by atoms with van der Waals surface area (Å²) in [5, 5.41) is 2.92. The Morgan fingerprint density at radius 1 is 0.971 bits per heavy atom. The van der Waals surface area contributed by atoms with Gasteiger partial charge in [0.15, 0.2) is 0 Å². The molecule has 0 saturated heterocycles. The third kappa shape index (κ3) is 6.80. The van der Waals surface area contributed by atoms with Crippen LogP contribution in [-0.2, 0) is 14.8 Å². The van der Waals surface area contributed by atoms with Crippen molar-refractivity contribution in [3.8, 4) is 17.2 Å². The minimum atomic E-state index is -4.06. The molecule has 0 atom stereocenters. The number of methoxy groups -OCH3 is 2. The minimum Gasteiger partial charge on any atom is -0.497 e. The summed E-state index contributed by atoms with van der Waals surface area (Å²) in [5.41, 5.74) is 1.15. The Morgan fingerprint density at radius 2 is 1.69 bits per heavy atom. The fourth-order valence-corrected chi connectivity index (χ4v) is 4.86. The Bertz CT molecular complexity index is 1270. The molecule has 8 nitrogen and oxygen atoms in total. The number of rotatable bonds is 11. The monoisotopic (exact) mass is 518 g/mol. The van der Waals surface area contributed by atoms with Gasteiger partial charge in [-0.2, -0.15) is 0 Å². The second-order valence-corrected chi connectivity index (χ2v) is 9.79. The number of anilines is 1. The van der Waals surface area contributed by atoms with E-state index >= 15 is 0 Å². The van der Waals surface area contributed by atoms with E-state index in [0.717, 1.165) is 9.87 Å². The van der Waals surface area contributed by atoms with Crippen LogP contribution in [0.1, 0.15) is 5.56 Å². The van der Waals surface area contributed by atoms with Crippen LogP contribution >= 0.6 is 11.6 Å². The number of nitrogens with one attached hydrogen (secondary N) is 1. The van der Waals surface area contributed by atoms with E-state index in [1.54, 1.807) is 49.6 Å². The molecular formula is C25H27ClN2O6S. The zero-order chi connectivity index (χ0) is 25.4. The zero-order valence-electron chi connectivity index (χ0n) is 19.7. The lowest BCUT2D eigenvalue weighted by Crippen LogP contribution is -2.42.